The fourth-order valence-electron chi connectivity index (χ4n) is 1.48. The minimum atomic E-state index is 0.197. The molecule has 0 unspecified atom stereocenters. The molecule has 0 spiro atoms. The number of hydrogen-bond acceptors (Lipinski definition) is 3. The molecule has 94 valence electrons. The summed E-state index contributed by atoms with van der Waals surface area (Å²) in [6.07, 6.45) is 3.67. The zero-order valence-corrected chi connectivity index (χ0v) is 13.6. The second kappa shape index (κ2) is 5.57. The van der Waals surface area contributed by atoms with Crippen molar-refractivity contribution in [2.24, 2.45) is 0 Å². The molecule has 0 bridgehead atoms. The maximum atomic E-state index is 4.29. The number of rotatable bonds is 2. The molecule has 0 N–H and O–H groups in total. The lowest BCUT2D eigenvalue weighted by Gasteiger charge is -2.18. The first-order valence-corrected chi connectivity index (χ1v) is 7.60. The molecule has 1 aromatic carbocycles. The molecule has 1 heterocycles. The van der Waals surface area contributed by atoms with Gasteiger partial charge in [0.25, 0.3) is 0 Å². The topological polar surface area (TPSA) is 25.8 Å². The van der Waals surface area contributed by atoms with Crippen LogP contribution in [0, 0.1) is 3.57 Å². The van der Waals surface area contributed by atoms with Gasteiger partial charge in [0.2, 0.25) is 0 Å². The molecule has 2 aromatic rings. The van der Waals surface area contributed by atoms with E-state index in [0.29, 0.717) is 0 Å². The summed E-state index contributed by atoms with van der Waals surface area (Å²) in [7, 11) is 0. The van der Waals surface area contributed by atoms with E-state index in [4.69, 9.17) is 0 Å². The third kappa shape index (κ3) is 3.68. The quantitative estimate of drug-likeness (QED) is 0.574. The van der Waals surface area contributed by atoms with E-state index in [2.05, 4.69) is 77.6 Å². The van der Waals surface area contributed by atoms with Crippen molar-refractivity contribution in [3.63, 3.8) is 0 Å². The second-order valence-corrected chi connectivity index (χ2v) is 7.35. The van der Waals surface area contributed by atoms with Gasteiger partial charge in [-0.15, -0.1) is 0 Å². The van der Waals surface area contributed by atoms with Crippen LogP contribution in [0.25, 0.3) is 0 Å². The van der Waals surface area contributed by atoms with E-state index in [1.54, 1.807) is 11.8 Å². The van der Waals surface area contributed by atoms with E-state index in [1.807, 2.05) is 12.4 Å². The Morgan fingerprint density at radius 2 is 1.56 bits per heavy atom. The van der Waals surface area contributed by atoms with Crippen LogP contribution in [0.1, 0.15) is 26.3 Å². The van der Waals surface area contributed by atoms with Crippen molar-refractivity contribution < 1.29 is 0 Å². The first-order chi connectivity index (χ1) is 8.45. The summed E-state index contributed by atoms with van der Waals surface area (Å²) in [5.74, 6) is 0. The van der Waals surface area contributed by atoms with Gasteiger partial charge in [-0.05, 0) is 57.5 Å². The zero-order valence-electron chi connectivity index (χ0n) is 10.6. The van der Waals surface area contributed by atoms with Crippen molar-refractivity contribution in [2.75, 3.05) is 0 Å². The number of halogens is 1. The van der Waals surface area contributed by atoms with Crippen molar-refractivity contribution in [1.29, 1.82) is 0 Å². The molecule has 1 aromatic heterocycles. The van der Waals surface area contributed by atoms with Gasteiger partial charge < -0.3 is 0 Å². The first kappa shape index (κ1) is 13.8. The first-order valence-electron chi connectivity index (χ1n) is 5.71. The highest BCUT2D eigenvalue weighted by atomic mass is 127. The molecule has 0 aliphatic carbocycles. The summed E-state index contributed by atoms with van der Waals surface area (Å²) in [5, 5.41) is 0.791. The maximum Gasteiger partial charge on any atom is 0.192 e. The molecule has 0 saturated heterocycles. The van der Waals surface area contributed by atoms with Gasteiger partial charge in [-0.1, -0.05) is 32.9 Å². The lowest BCUT2D eigenvalue weighted by atomic mass is 9.87. The average Bonchev–Trinajstić information content (AvgIpc) is 2.32. The predicted molar refractivity (Wildman–Crippen MR) is 84.0 cm³/mol. The Hall–Kier alpha value is -0.620. The van der Waals surface area contributed by atoms with Crippen LogP contribution in [0.5, 0.6) is 0 Å². The van der Waals surface area contributed by atoms with Crippen LogP contribution in [-0.2, 0) is 5.41 Å². The van der Waals surface area contributed by atoms with E-state index in [-0.39, 0.29) is 5.41 Å². The summed E-state index contributed by atoms with van der Waals surface area (Å²) in [6, 6.07) is 8.61. The second-order valence-electron chi connectivity index (χ2n) is 5.06. The minimum Gasteiger partial charge on any atom is -0.230 e. The van der Waals surface area contributed by atoms with Crippen LogP contribution in [0.3, 0.4) is 0 Å². The SMILES string of the molecule is CC(C)(C)c1ccc(Sc2ncc(I)cn2)cc1. The van der Waals surface area contributed by atoms with Gasteiger partial charge in [0.05, 0.1) is 0 Å². The normalized spacial score (nSPS) is 11.6. The number of aromatic nitrogens is 2. The minimum absolute atomic E-state index is 0.197. The summed E-state index contributed by atoms with van der Waals surface area (Å²) < 4.78 is 1.06. The molecule has 18 heavy (non-hydrogen) atoms. The van der Waals surface area contributed by atoms with Gasteiger partial charge in [-0.2, -0.15) is 0 Å². The molecule has 0 radical (unpaired) electrons. The lowest BCUT2D eigenvalue weighted by Crippen LogP contribution is -2.10. The molecule has 2 nitrogen and oxygen atoms in total. The fraction of sp³-hybridized carbons (Fsp3) is 0.286. The van der Waals surface area contributed by atoms with Crippen LogP contribution in [0.4, 0.5) is 0 Å². The monoisotopic (exact) mass is 370 g/mol. The highest BCUT2D eigenvalue weighted by molar-refractivity contribution is 14.1. The Labute approximate surface area is 126 Å². The van der Waals surface area contributed by atoms with Gasteiger partial charge >= 0.3 is 0 Å². The Kier molecular flexibility index (Phi) is 4.27. The standard InChI is InChI=1S/C14H15IN2S/c1-14(2,3)10-4-6-12(7-5-10)18-13-16-8-11(15)9-17-13/h4-9H,1-3H3. The van der Waals surface area contributed by atoms with Gasteiger partial charge in [0.1, 0.15) is 0 Å². The smallest absolute Gasteiger partial charge is 0.192 e. The van der Waals surface area contributed by atoms with Gasteiger partial charge in [-0.3, -0.25) is 0 Å². The van der Waals surface area contributed by atoms with Crippen molar-refractivity contribution in [2.45, 2.75) is 36.2 Å². The summed E-state index contributed by atoms with van der Waals surface area (Å²) in [6.45, 7) is 6.66. The Morgan fingerprint density at radius 1 is 1.00 bits per heavy atom. The highest BCUT2D eigenvalue weighted by Gasteiger charge is 2.13. The van der Waals surface area contributed by atoms with Gasteiger partial charge in [0.15, 0.2) is 5.16 Å². The van der Waals surface area contributed by atoms with Gasteiger partial charge in [-0.25, -0.2) is 9.97 Å². The summed E-state index contributed by atoms with van der Waals surface area (Å²) in [4.78, 5) is 9.75. The van der Waals surface area contributed by atoms with E-state index < -0.39 is 0 Å². The molecule has 0 fully saturated rings. The Balaban J connectivity index is 2.13. The van der Waals surface area contributed by atoms with Gasteiger partial charge in [0, 0.05) is 20.9 Å². The predicted octanol–water partition coefficient (Wildman–Crippen LogP) is 4.53. The average molecular weight is 370 g/mol. The van der Waals surface area contributed by atoms with Crippen molar-refractivity contribution >= 4 is 34.4 Å². The van der Waals surface area contributed by atoms with E-state index in [1.165, 1.54) is 10.5 Å². The third-order valence-electron chi connectivity index (χ3n) is 2.53. The van der Waals surface area contributed by atoms with Crippen LogP contribution in [0.15, 0.2) is 46.7 Å². The Bertz CT molecular complexity index is 515. The zero-order chi connectivity index (χ0) is 13.2. The molecule has 0 aliphatic heterocycles. The molecule has 0 amide bonds. The van der Waals surface area contributed by atoms with E-state index >= 15 is 0 Å². The van der Waals surface area contributed by atoms with E-state index in [9.17, 15) is 0 Å². The van der Waals surface area contributed by atoms with Crippen molar-refractivity contribution in [1.82, 2.24) is 9.97 Å². The number of hydrogen-bond donors (Lipinski definition) is 0. The molecule has 0 saturated carbocycles. The third-order valence-corrected chi connectivity index (χ3v) is 3.98. The van der Waals surface area contributed by atoms with Crippen LogP contribution in [0.2, 0.25) is 0 Å². The molecule has 0 aliphatic rings. The molecule has 0 atom stereocenters. The van der Waals surface area contributed by atoms with E-state index in [0.717, 1.165) is 8.73 Å². The number of nitrogens with zero attached hydrogens (tertiary/aromatic N) is 2. The molecule has 4 heteroatoms. The fourth-order valence-corrected chi connectivity index (χ4v) is 2.45. The maximum absolute atomic E-state index is 4.29. The van der Waals surface area contributed by atoms with Crippen LogP contribution in [-0.4, -0.2) is 9.97 Å². The lowest BCUT2D eigenvalue weighted by molar-refractivity contribution is 0.590. The Morgan fingerprint density at radius 3 is 2.06 bits per heavy atom. The van der Waals surface area contributed by atoms with Crippen molar-refractivity contribution in [3.05, 3.63) is 45.8 Å². The summed E-state index contributed by atoms with van der Waals surface area (Å²) in [5.41, 5.74) is 1.54. The molecule has 2 rings (SSSR count). The molecular formula is C14H15IN2S. The number of benzene rings is 1. The van der Waals surface area contributed by atoms with Crippen LogP contribution < -0.4 is 0 Å². The molecular weight excluding hydrogens is 355 g/mol. The van der Waals surface area contributed by atoms with Crippen LogP contribution >= 0.6 is 34.4 Å². The summed E-state index contributed by atoms with van der Waals surface area (Å²) >= 11 is 3.80. The van der Waals surface area contributed by atoms with Crippen molar-refractivity contribution in [3.8, 4) is 0 Å². The largest absolute Gasteiger partial charge is 0.230 e. The highest BCUT2D eigenvalue weighted by Crippen LogP contribution is 2.28.